The molecule has 0 aliphatic rings. The zero-order chi connectivity index (χ0) is 14.6. The Kier molecular flexibility index (Phi) is 2.52. The Balaban J connectivity index is 2.27. The van der Waals surface area contributed by atoms with Crippen LogP contribution in [-0.4, -0.2) is 5.78 Å². The van der Waals surface area contributed by atoms with E-state index in [-0.39, 0.29) is 5.78 Å². The first-order chi connectivity index (χ1) is 10.2. The van der Waals surface area contributed by atoms with Crippen LogP contribution in [0.15, 0.2) is 48.5 Å². The van der Waals surface area contributed by atoms with Crippen LogP contribution in [-0.2, 0) is 0 Å². The summed E-state index contributed by atoms with van der Waals surface area (Å²) in [6.45, 7) is 3.99. The van der Waals surface area contributed by atoms with Crippen molar-refractivity contribution in [2.45, 2.75) is 20.3 Å². The number of hydrogen-bond donors (Lipinski definition) is 0. The predicted octanol–water partition coefficient (Wildman–Crippen LogP) is 5.49. The van der Waals surface area contributed by atoms with E-state index in [1.54, 1.807) is 0 Å². The molecule has 0 aliphatic carbocycles. The van der Waals surface area contributed by atoms with Crippen LogP contribution >= 0.6 is 0 Å². The summed E-state index contributed by atoms with van der Waals surface area (Å²) in [5.74, 6) is 0.220. The third-order valence-electron chi connectivity index (χ3n) is 4.54. The summed E-state index contributed by atoms with van der Waals surface area (Å²) in [4.78, 5) is 12.2. The van der Waals surface area contributed by atoms with Crippen LogP contribution in [0, 0.1) is 6.92 Å². The topological polar surface area (TPSA) is 17.1 Å². The van der Waals surface area contributed by atoms with Crippen molar-refractivity contribution in [1.82, 2.24) is 0 Å². The molecule has 1 nitrogen and oxygen atoms in total. The van der Waals surface area contributed by atoms with Gasteiger partial charge in [-0.2, -0.15) is 0 Å². The highest BCUT2D eigenvalue weighted by Gasteiger charge is 2.15. The van der Waals surface area contributed by atoms with E-state index in [9.17, 15) is 4.79 Å². The van der Waals surface area contributed by atoms with Crippen molar-refractivity contribution in [3.05, 3.63) is 59.7 Å². The molecule has 0 aromatic heterocycles. The first kappa shape index (κ1) is 12.3. The van der Waals surface area contributed by atoms with Crippen LogP contribution in [0.1, 0.15) is 29.3 Å². The monoisotopic (exact) mass is 272 g/mol. The zero-order valence-corrected chi connectivity index (χ0v) is 12.2. The van der Waals surface area contributed by atoms with Crippen molar-refractivity contribution < 1.29 is 4.79 Å². The van der Waals surface area contributed by atoms with E-state index < -0.39 is 0 Å². The van der Waals surface area contributed by atoms with Crippen LogP contribution in [0.5, 0.6) is 0 Å². The van der Waals surface area contributed by atoms with E-state index in [1.807, 2.05) is 6.92 Å². The fraction of sp³-hybridized carbons (Fsp3) is 0.150. The predicted molar refractivity (Wildman–Crippen MR) is 89.5 cm³/mol. The molecule has 0 fully saturated rings. The molecule has 0 spiro atoms. The number of aryl methyl sites for hydroxylation is 1. The van der Waals surface area contributed by atoms with Crippen LogP contribution in [0.25, 0.3) is 32.3 Å². The Morgan fingerprint density at radius 1 is 0.905 bits per heavy atom. The Labute approximate surface area is 123 Å². The molecule has 0 atom stereocenters. The summed E-state index contributed by atoms with van der Waals surface area (Å²) in [6, 6.07) is 17.1. The van der Waals surface area contributed by atoms with E-state index in [0.717, 1.165) is 16.5 Å². The van der Waals surface area contributed by atoms with Gasteiger partial charge in [-0.25, -0.2) is 0 Å². The molecule has 0 saturated carbocycles. The highest BCUT2D eigenvalue weighted by atomic mass is 16.1. The maximum absolute atomic E-state index is 12.2. The summed E-state index contributed by atoms with van der Waals surface area (Å²) in [6.07, 6.45) is 0.550. The second-order valence-electron chi connectivity index (χ2n) is 5.68. The number of hydrogen-bond acceptors (Lipinski definition) is 1. The first-order valence-electron chi connectivity index (χ1n) is 7.41. The summed E-state index contributed by atoms with van der Waals surface area (Å²) < 4.78 is 0. The fourth-order valence-corrected chi connectivity index (χ4v) is 3.43. The molecular formula is C20H16O. The van der Waals surface area contributed by atoms with E-state index >= 15 is 0 Å². The van der Waals surface area contributed by atoms with Gasteiger partial charge in [-0.05, 0) is 50.9 Å². The molecule has 4 rings (SSSR count). The molecule has 0 heterocycles. The Morgan fingerprint density at radius 3 is 2.29 bits per heavy atom. The largest absolute Gasteiger partial charge is 0.294 e. The number of Topliss-reactive ketones (excluding diaryl/α,β-unsaturated/α-hetero) is 1. The molecule has 102 valence electrons. The number of ketones is 1. The van der Waals surface area contributed by atoms with Crippen molar-refractivity contribution >= 4 is 38.1 Å². The maximum atomic E-state index is 12.2. The lowest BCUT2D eigenvalue weighted by atomic mass is 9.88. The van der Waals surface area contributed by atoms with Gasteiger partial charge in [0.2, 0.25) is 0 Å². The van der Waals surface area contributed by atoms with E-state index in [4.69, 9.17) is 0 Å². The van der Waals surface area contributed by atoms with Crippen molar-refractivity contribution in [3.8, 4) is 0 Å². The van der Waals surface area contributed by atoms with Gasteiger partial charge in [-0.1, -0.05) is 49.4 Å². The third kappa shape index (κ3) is 1.61. The third-order valence-corrected chi connectivity index (χ3v) is 4.54. The van der Waals surface area contributed by atoms with E-state index in [0.29, 0.717) is 6.42 Å². The Bertz CT molecular complexity index is 979. The lowest BCUT2D eigenvalue weighted by Gasteiger charge is -2.15. The number of carbonyl (C=O) groups excluding carboxylic acids is 1. The number of carbonyl (C=O) groups is 1. The smallest absolute Gasteiger partial charge is 0.162 e. The maximum Gasteiger partial charge on any atom is 0.162 e. The average Bonchev–Trinajstić information content (AvgIpc) is 2.53. The van der Waals surface area contributed by atoms with Gasteiger partial charge in [-0.15, -0.1) is 0 Å². The molecule has 0 radical (unpaired) electrons. The van der Waals surface area contributed by atoms with Crippen LogP contribution in [0.4, 0.5) is 0 Å². The van der Waals surface area contributed by atoms with Gasteiger partial charge in [0, 0.05) is 12.0 Å². The van der Waals surface area contributed by atoms with Crippen LogP contribution < -0.4 is 0 Å². The van der Waals surface area contributed by atoms with Gasteiger partial charge in [0.25, 0.3) is 0 Å². The fourth-order valence-electron chi connectivity index (χ4n) is 3.43. The SMILES string of the molecule is CCC(=O)c1cc2ccc3cccc4ccc(c1C)c2c34. The standard InChI is InChI=1S/C20H16O/c1-3-18(21)17-11-15-8-7-13-5-4-6-14-9-10-16(12(17)2)20(15)19(13)14/h4-11H,3H2,1-2H3. The quantitative estimate of drug-likeness (QED) is 0.348. The molecule has 4 aromatic carbocycles. The molecule has 0 unspecified atom stereocenters. The molecule has 4 aromatic rings. The molecule has 1 heteroatoms. The molecule has 0 amide bonds. The van der Waals surface area contributed by atoms with Crippen molar-refractivity contribution in [1.29, 1.82) is 0 Å². The first-order valence-corrected chi connectivity index (χ1v) is 7.41. The van der Waals surface area contributed by atoms with Crippen molar-refractivity contribution in [2.75, 3.05) is 0 Å². The second-order valence-corrected chi connectivity index (χ2v) is 5.68. The Hall–Kier alpha value is -2.41. The summed E-state index contributed by atoms with van der Waals surface area (Å²) in [5.41, 5.74) is 1.97. The summed E-state index contributed by atoms with van der Waals surface area (Å²) in [7, 11) is 0. The van der Waals surface area contributed by atoms with Gasteiger partial charge in [0.05, 0.1) is 0 Å². The van der Waals surface area contributed by atoms with Crippen molar-refractivity contribution in [3.63, 3.8) is 0 Å². The van der Waals surface area contributed by atoms with Crippen LogP contribution in [0.2, 0.25) is 0 Å². The van der Waals surface area contributed by atoms with Gasteiger partial charge in [0.1, 0.15) is 0 Å². The number of benzene rings is 4. The second kappa shape index (κ2) is 4.29. The minimum atomic E-state index is 0.220. The minimum Gasteiger partial charge on any atom is -0.294 e. The number of rotatable bonds is 2. The highest BCUT2D eigenvalue weighted by molar-refractivity contribution is 6.25. The van der Waals surface area contributed by atoms with Gasteiger partial charge < -0.3 is 0 Å². The van der Waals surface area contributed by atoms with E-state index in [2.05, 4.69) is 55.5 Å². The molecule has 0 bridgehead atoms. The van der Waals surface area contributed by atoms with Crippen LogP contribution in [0.3, 0.4) is 0 Å². The zero-order valence-electron chi connectivity index (χ0n) is 12.2. The molecule has 0 saturated heterocycles. The van der Waals surface area contributed by atoms with Gasteiger partial charge >= 0.3 is 0 Å². The molecular weight excluding hydrogens is 256 g/mol. The lowest BCUT2D eigenvalue weighted by Crippen LogP contribution is -2.01. The van der Waals surface area contributed by atoms with E-state index in [1.165, 1.54) is 26.9 Å². The Morgan fingerprint density at radius 2 is 1.57 bits per heavy atom. The summed E-state index contributed by atoms with van der Waals surface area (Å²) in [5, 5.41) is 7.49. The average molecular weight is 272 g/mol. The minimum absolute atomic E-state index is 0.220. The van der Waals surface area contributed by atoms with Gasteiger partial charge in [0.15, 0.2) is 5.78 Å². The van der Waals surface area contributed by atoms with Crippen molar-refractivity contribution in [2.24, 2.45) is 0 Å². The normalized spacial score (nSPS) is 11.7. The molecule has 0 N–H and O–H groups in total. The molecule has 0 aliphatic heterocycles. The van der Waals surface area contributed by atoms with Gasteiger partial charge in [-0.3, -0.25) is 4.79 Å². The highest BCUT2D eigenvalue weighted by Crippen LogP contribution is 2.37. The lowest BCUT2D eigenvalue weighted by molar-refractivity contribution is 0.0988. The summed E-state index contributed by atoms with van der Waals surface area (Å²) >= 11 is 0. The molecule has 21 heavy (non-hydrogen) atoms.